The lowest BCUT2D eigenvalue weighted by Crippen LogP contribution is -2.13. The molecule has 0 aliphatic carbocycles. The molecule has 21 heavy (non-hydrogen) atoms. The maximum atomic E-state index is 12.2. The molecule has 0 radical (unpaired) electrons. The van der Waals surface area contributed by atoms with Crippen LogP contribution in [-0.4, -0.2) is 13.4 Å². The number of anilines is 1. The van der Waals surface area contributed by atoms with Gasteiger partial charge in [0.2, 0.25) is 0 Å². The number of hydrogen-bond acceptors (Lipinski definition) is 3. The van der Waals surface area contributed by atoms with Crippen molar-refractivity contribution in [1.29, 1.82) is 0 Å². The monoisotopic (exact) mass is 368 g/mol. The first-order valence-electron chi connectivity index (χ1n) is 6.73. The molecule has 0 aliphatic rings. The first-order valence-corrected chi connectivity index (χ1v) is 9.01. The van der Waals surface area contributed by atoms with Gasteiger partial charge in [-0.3, -0.25) is 9.71 Å². The van der Waals surface area contributed by atoms with Gasteiger partial charge in [-0.25, -0.2) is 8.42 Å². The highest BCUT2D eigenvalue weighted by molar-refractivity contribution is 9.10. The number of hydrogen-bond donors (Lipinski definition) is 1. The third-order valence-corrected chi connectivity index (χ3v) is 4.80. The number of aryl methyl sites for hydroxylation is 1. The summed E-state index contributed by atoms with van der Waals surface area (Å²) in [6.07, 6.45) is 6.16. The highest BCUT2D eigenvalue weighted by Gasteiger charge is 2.14. The second kappa shape index (κ2) is 7.04. The van der Waals surface area contributed by atoms with Gasteiger partial charge >= 0.3 is 0 Å². The molecule has 0 spiro atoms. The predicted octanol–water partition coefficient (Wildman–Crippen LogP) is 3.99. The van der Waals surface area contributed by atoms with Gasteiger partial charge in [0.15, 0.2) is 0 Å². The Morgan fingerprint density at radius 2 is 1.90 bits per heavy atom. The number of unbranched alkanes of at least 4 members (excludes halogenated alkanes) is 1. The molecule has 0 saturated heterocycles. The number of halogens is 1. The summed E-state index contributed by atoms with van der Waals surface area (Å²) < 4.78 is 27.7. The van der Waals surface area contributed by atoms with Crippen LogP contribution in [0.4, 0.5) is 5.69 Å². The number of benzene rings is 1. The fourth-order valence-electron chi connectivity index (χ4n) is 1.87. The Labute approximate surface area is 133 Å². The van der Waals surface area contributed by atoms with Gasteiger partial charge in [-0.15, -0.1) is 0 Å². The third kappa shape index (κ3) is 4.54. The summed E-state index contributed by atoms with van der Waals surface area (Å²) in [5, 5.41) is 0. The summed E-state index contributed by atoms with van der Waals surface area (Å²) in [5.41, 5.74) is 1.76. The number of aromatic nitrogens is 1. The summed E-state index contributed by atoms with van der Waals surface area (Å²) in [5.74, 6) is 0. The van der Waals surface area contributed by atoms with Gasteiger partial charge in [0, 0.05) is 22.6 Å². The van der Waals surface area contributed by atoms with E-state index in [0.29, 0.717) is 10.2 Å². The first-order chi connectivity index (χ1) is 10.0. The van der Waals surface area contributed by atoms with Crippen LogP contribution in [0.2, 0.25) is 0 Å². The number of sulfonamides is 1. The van der Waals surface area contributed by atoms with E-state index in [0.717, 1.165) is 19.3 Å². The standard InChI is InChI=1S/C15H17BrN2O2S/c1-2-3-4-12-5-7-14(8-6-12)18-21(19,20)15-9-13(16)10-17-11-15/h5-11,18H,2-4H2,1H3. The Kier molecular flexibility index (Phi) is 5.36. The SMILES string of the molecule is CCCCc1ccc(NS(=O)(=O)c2cncc(Br)c2)cc1. The van der Waals surface area contributed by atoms with Crippen LogP contribution >= 0.6 is 15.9 Å². The van der Waals surface area contributed by atoms with E-state index in [4.69, 9.17) is 0 Å². The van der Waals surface area contributed by atoms with E-state index in [1.807, 2.05) is 12.1 Å². The van der Waals surface area contributed by atoms with Crippen molar-refractivity contribution in [3.05, 3.63) is 52.8 Å². The van der Waals surface area contributed by atoms with Crippen LogP contribution in [0.3, 0.4) is 0 Å². The van der Waals surface area contributed by atoms with Crippen LogP contribution in [-0.2, 0) is 16.4 Å². The summed E-state index contributed by atoms with van der Waals surface area (Å²) in [4.78, 5) is 4.01. The molecule has 0 atom stereocenters. The first kappa shape index (κ1) is 16.0. The van der Waals surface area contributed by atoms with Crippen molar-refractivity contribution in [2.24, 2.45) is 0 Å². The van der Waals surface area contributed by atoms with Crippen LogP contribution in [0.25, 0.3) is 0 Å². The second-order valence-corrected chi connectivity index (χ2v) is 7.34. The lowest BCUT2D eigenvalue weighted by molar-refractivity contribution is 0.600. The summed E-state index contributed by atoms with van der Waals surface area (Å²) >= 11 is 3.22. The average Bonchev–Trinajstić information content (AvgIpc) is 2.46. The molecule has 1 aromatic heterocycles. The van der Waals surface area contributed by atoms with E-state index in [2.05, 4.69) is 32.6 Å². The van der Waals surface area contributed by atoms with E-state index in [-0.39, 0.29) is 4.90 Å². The number of pyridine rings is 1. The third-order valence-electron chi connectivity index (χ3n) is 3.02. The van der Waals surface area contributed by atoms with Crippen LogP contribution in [0, 0.1) is 0 Å². The van der Waals surface area contributed by atoms with E-state index < -0.39 is 10.0 Å². The molecule has 0 aliphatic heterocycles. The smallest absolute Gasteiger partial charge is 0.263 e. The molecule has 0 bridgehead atoms. The zero-order valence-electron chi connectivity index (χ0n) is 11.7. The van der Waals surface area contributed by atoms with E-state index in [1.54, 1.807) is 18.3 Å². The normalized spacial score (nSPS) is 11.3. The topological polar surface area (TPSA) is 59.1 Å². The van der Waals surface area contributed by atoms with Gasteiger partial charge in [-0.05, 0) is 52.5 Å². The van der Waals surface area contributed by atoms with Crippen LogP contribution in [0.1, 0.15) is 25.3 Å². The largest absolute Gasteiger partial charge is 0.280 e. The molecule has 1 heterocycles. The van der Waals surface area contributed by atoms with Crippen molar-refractivity contribution < 1.29 is 8.42 Å². The second-order valence-electron chi connectivity index (χ2n) is 4.74. The molecule has 1 N–H and O–H groups in total. The van der Waals surface area contributed by atoms with E-state index in [9.17, 15) is 8.42 Å². The van der Waals surface area contributed by atoms with Crippen molar-refractivity contribution in [2.75, 3.05) is 4.72 Å². The summed E-state index contributed by atoms with van der Waals surface area (Å²) in [6.45, 7) is 2.15. The molecule has 0 fully saturated rings. The molecule has 112 valence electrons. The lowest BCUT2D eigenvalue weighted by atomic mass is 10.1. The Morgan fingerprint density at radius 3 is 2.52 bits per heavy atom. The quantitative estimate of drug-likeness (QED) is 0.838. The number of rotatable bonds is 6. The maximum absolute atomic E-state index is 12.2. The van der Waals surface area contributed by atoms with Gasteiger partial charge < -0.3 is 0 Å². The lowest BCUT2D eigenvalue weighted by Gasteiger charge is -2.09. The molecule has 0 saturated carbocycles. The highest BCUT2D eigenvalue weighted by atomic mass is 79.9. The van der Waals surface area contributed by atoms with Gasteiger partial charge in [-0.1, -0.05) is 25.5 Å². The van der Waals surface area contributed by atoms with Crippen molar-refractivity contribution in [3.8, 4) is 0 Å². The Morgan fingerprint density at radius 1 is 1.19 bits per heavy atom. The summed E-state index contributed by atoms with van der Waals surface area (Å²) in [6, 6.07) is 8.99. The fourth-order valence-corrected chi connectivity index (χ4v) is 3.44. The fraction of sp³-hybridized carbons (Fsp3) is 0.267. The van der Waals surface area contributed by atoms with Crippen molar-refractivity contribution in [3.63, 3.8) is 0 Å². The van der Waals surface area contributed by atoms with Crippen LogP contribution in [0.5, 0.6) is 0 Å². The zero-order chi connectivity index (χ0) is 15.3. The highest BCUT2D eigenvalue weighted by Crippen LogP contribution is 2.19. The molecule has 1 aromatic carbocycles. The van der Waals surface area contributed by atoms with E-state index >= 15 is 0 Å². The van der Waals surface area contributed by atoms with Gasteiger partial charge in [-0.2, -0.15) is 0 Å². The average molecular weight is 369 g/mol. The number of nitrogens with one attached hydrogen (secondary N) is 1. The van der Waals surface area contributed by atoms with Crippen LogP contribution in [0.15, 0.2) is 52.1 Å². The minimum absolute atomic E-state index is 0.131. The maximum Gasteiger partial charge on any atom is 0.263 e. The van der Waals surface area contributed by atoms with Crippen molar-refractivity contribution in [1.82, 2.24) is 4.98 Å². The van der Waals surface area contributed by atoms with Gasteiger partial charge in [0.05, 0.1) is 0 Å². The molecule has 4 nitrogen and oxygen atoms in total. The molecular weight excluding hydrogens is 352 g/mol. The predicted molar refractivity (Wildman–Crippen MR) is 87.8 cm³/mol. The van der Waals surface area contributed by atoms with Gasteiger partial charge in [0.1, 0.15) is 4.90 Å². The molecule has 2 rings (SSSR count). The van der Waals surface area contributed by atoms with Gasteiger partial charge in [0.25, 0.3) is 10.0 Å². The van der Waals surface area contributed by atoms with Crippen LogP contribution < -0.4 is 4.72 Å². The minimum atomic E-state index is -3.61. The molecular formula is C15H17BrN2O2S. The Hall–Kier alpha value is -1.40. The Bertz CT molecular complexity index is 700. The molecule has 2 aromatic rings. The van der Waals surface area contributed by atoms with Crippen molar-refractivity contribution in [2.45, 2.75) is 31.1 Å². The molecule has 0 amide bonds. The molecule has 0 unspecified atom stereocenters. The zero-order valence-corrected chi connectivity index (χ0v) is 14.1. The molecule has 6 heteroatoms. The van der Waals surface area contributed by atoms with E-state index in [1.165, 1.54) is 17.8 Å². The summed E-state index contributed by atoms with van der Waals surface area (Å²) in [7, 11) is -3.61. The van der Waals surface area contributed by atoms with Crippen molar-refractivity contribution >= 4 is 31.6 Å². The Balaban J connectivity index is 2.13. The minimum Gasteiger partial charge on any atom is -0.280 e. The number of nitrogens with zero attached hydrogens (tertiary/aromatic N) is 1.